The van der Waals surface area contributed by atoms with Crippen molar-refractivity contribution in [3.63, 3.8) is 0 Å². The highest BCUT2D eigenvalue weighted by atomic mass is 32.2. The van der Waals surface area contributed by atoms with Gasteiger partial charge in [-0.1, -0.05) is 39.0 Å². The summed E-state index contributed by atoms with van der Waals surface area (Å²) >= 11 is 1.66. The molecule has 7 heteroatoms. The Morgan fingerprint density at radius 2 is 1.96 bits per heavy atom. The van der Waals surface area contributed by atoms with Crippen LogP contribution in [0, 0.1) is 0 Å². The summed E-state index contributed by atoms with van der Waals surface area (Å²) in [7, 11) is 0. The Labute approximate surface area is 163 Å². The summed E-state index contributed by atoms with van der Waals surface area (Å²) in [6, 6.07) is 10.1. The molecule has 3 rings (SSSR count). The number of hydrogen-bond acceptors (Lipinski definition) is 6. The monoisotopic (exact) mass is 386 g/mol. The number of nitrogens with zero attached hydrogens (tertiary/aromatic N) is 4. The lowest BCUT2D eigenvalue weighted by Crippen LogP contribution is -2.06. The smallest absolute Gasteiger partial charge is 0.306 e. The van der Waals surface area contributed by atoms with Gasteiger partial charge in [0.2, 0.25) is 0 Å². The van der Waals surface area contributed by atoms with E-state index in [0.29, 0.717) is 18.8 Å². The summed E-state index contributed by atoms with van der Waals surface area (Å²) < 4.78 is 7.04. The molecule has 0 fully saturated rings. The van der Waals surface area contributed by atoms with Crippen molar-refractivity contribution in [3.8, 4) is 0 Å². The first-order valence-corrected chi connectivity index (χ1v) is 10.7. The Bertz CT molecular complexity index is 881. The molecule has 0 unspecified atom stereocenters. The summed E-state index contributed by atoms with van der Waals surface area (Å²) in [5, 5.41) is 12.7. The summed E-state index contributed by atoms with van der Waals surface area (Å²) in [6.07, 6.45) is 7.63. The Morgan fingerprint density at radius 3 is 2.85 bits per heavy atom. The predicted molar refractivity (Wildman–Crippen MR) is 108 cm³/mol. The van der Waals surface area contributed by atoms with Crippen molar-refractivity contribution in [1.29, 1.82) is 0 Å². The second-order valence-electron chi connectivity index (χ2n) is 6.59. The Kier molecular flexibility index (Phi) is 7.45. The maximum absolute atomic E-state index is 11.8. The van der Waals surface area contributed by atoms with Gasteiger partial charge in [-0.05, 0) is 47.2 Å². The average molecular weight is 387 g/mol. The van der Waals surface area contributed by atoms with Crippen LogP contribution in [-0.2, 0) is 9.53 Å². The van der Waals surface area contributed by atoms with Crippen LogP contribution in [0.1, 0.15) is 51.9 Å². The minimum Gasteiger partial charge on any atom is -0.466 e. The predicted octanol–water partition coefficient (Wildman–Crippen LogP) is 4.66. The number of benzene rings is 1. The topological polar surface area (TPSA) is 69.4 Å². The molecule has 1 aromatic carbocycles. The lowest BCUT2D eigenvalue weighted by molar-refractivity contribution is -0.143. The van der Waals surface area contributed by atoms with E-state index in [1.54, 1.807) is 16.3 Å². The van der Waals surface area contributed by atoms with Crippen LogP contribution in [0.3, 0.4) is 0 Å². The van der Waals surface area contributed by atoms with Crippen molar-refractivity contribution in [3.05, 3.63) is 30.3 Å². The number of pyridine rings is 1. The Morgan fingerprint density at radius 1 is 1.11 bits per heavy atom. The van der Waals surface area contributed by atoms with Crippen molar-refractivity contribution in [2.45, 2.75) is 56.8 Å². The van der Waals surface area contributed by atoms with E-state index in [9.17, 15) is 4.79 Å². The first kappa shape index (κ1) is 19.6. The van der Waals surface area contributed by atoms with Crippen molar-refractivity contribution in [2.24, 2.45) is 0 Å². The van der Waals surface area contributed by atoms with E-state index >= 15 is 0 Å². The minimum atomic E-state index is -0.104. The molecule has 0 spiro atoms. The number of unbranched alkanes of at least 4 members (excludes halogenated alkanes) is 5. The lowest BCUT2D eigenvalue weighted by Gasteiger charge is -2.06. The molecule has 2 aromatic heterocycles. The van der Waals surface area contributed by atoms with Crippen LogP contribution < -0.4 is 0 Å². The van der Waals surface area contributed by atoms with Gasteiger partial charge in [-0.2, -0.15) is 4.52 Å². The molecule has 0 aliphatic carbocycles. The third kappa shape index (κ3) is 5.66. The number of hydrogen-bond donors (Lipinski definition) is 0. The molecule has 0 bridgehead atoms. The van der Waals surface area contributed by atoms with E-state index < -0.39 is 0 Å². The standard InChI is InChI=1S/C20H26N4O2S/c1-2-3-4-5-6-7-13-26-20(25)12-14-27-17-9-10-18-16(15-17)8-11-19-21-22-23-24(18)19/h8-11,15H,2-7,12-14H2,1H3. The highest BCUT2D eigenvalue weighted by Gasteiger charge is 2.06. The van der Waals surface area contributed by atoms with E-state index in [-0.39, 0.29) is 5.97 Å². The molecule has 2 heterocycles. The van der Waals surface area contributed by atoms with Crippen molar-refractivity contribution < 1.29 is 9.53 Å². The van der Waals surface area contributed by atoms with Gasteiger partial charge in [0.15, 0.2) is 5.65 Å². The summed E-state index contributed by atoms with van der Waals surface area (Å²) in [6.45, 7) is 2.76. The maximum atomic E-state index is 11.8. The number of aromatic nitrogens is 4. The number of esters is 1. The van der Waals surface area contributed by atoms with Crippen LogP contribution in [0.25, 0.3) is 16.6 Å². The zero-order valence-electron chi connectivity index (χ0n) is 15.8. The highest BCUT2D eigenvalue weighted by Crippen LogP contribution is 2.24. The zero-order valence-corrected chi connectivity index (χ0v) is 16.6. The van der Waals surface area contributed by atoms with Gasteiger partial charge < -0.3 is 4.74 Å². The molecule has 3 aromatic rings. The highest BCUT2D eigenvalue weighted by molar-refractivity contribution is 7.99. The van der Waals surface area contributed by atoms with Gasteiger partial charge in [0.25, 0.3) is 0 Å². The van der Waals surface area contributed by atoms with Crippen LogP contribution in [0.15, 0.2) is 35.2 Å². The van der Waals surface area contributed by atoms with Gasteiger partial charge in [-0.25, -0.2) is 0 Å². The molecule has 0 saturated heterocycles. The van der Waals surface area contributed by atoms with E-state index in [0.717, 1.165) is 34.3 Å². The Balaban J connectivity index is 1.38. The lowest BCUT2D eigenvalue weighted by atomic mass is 10.1. The molecule has 0 N–H and O–H groups in total. The van der Waals surface area contributed by atoms with Crippen LogP contribution in [0.2, 0.25) is 0 Å². The zero-order chi connectivity index (χ0) is 18.9. The largest absolute Gasteiger partial charge is 0.466 e. The fourth-order valence-electron chi connectivity index (χ4n) is 2.98. The molecule has 0 aliphatic heterocycles. The molecule has 0 amide bonds. The normalized spacial score (nSPS) is 11.3. The summed E-state index contributed by atoms with van der Waals surface area (Å²) in [5.74, 6) is 0.612. The summed E-state index contributed by atoms with van der Waals surface area (Å²) in [4.78, 5) is 13.0. The van der Waals surface area contributed by atoms with Gasteiger partial charge >= 0.3 is 5.97 Å². The van der Waals surface area contributed by atoms with Crippen molar-refractivity contribution in [1.82, 2.24) is 20.0 Å². The third-order valence-corrected chi connectivity index (χ3v) is 5.46. The minimum absolute atomic E-state index is 0.104. The first-order valence-electron chi connectivity index (χ1n) is 9.67. The molecule has 27 heavy (non-hydrogen) atoms. The van der Waals surface area contributed by atoms with Gasteiger partial charge in [0.1, 0.15) is 0 Å². The van der Waals surface area contributed by atoms with Gasteiger partial charge in [-0.3, -0.25) is 4.79 Å². The maximum Gasteiger partial charge on any atom is 0.306 e. The molecule has 0 aliphatic rings. The SMILES string of the molecule is CCCCCCCCOC(=O)CCSc1ccc2c(ccc3nnnn32)c1. The number of ether oxygens (including phenoxy) is 1. The molecular formula is C20H26N4O2S. The van der Waals surface area contributed by atoms with E-state index in [1.807, 2.05) is 24.3 Å². The van der Waals surface area contributed by atoms with Crippen LogP contribution in [-0.4, -0.2) is 38.4 Å². The second-order valence-corrected chi connectivity index (χ2v) is 7.76. The van der Waals surface area contributed by atoms with Crippen LogP contribution in [0.4, 0.5) is 0 Å². The molecule has 0 atom stereocenters. The van der Waals surface area contributed by atoms with Crippen molar-refractivity contribution >= 4 is 34.3 Å². The number of carbonyl (C=O) groups is 1. The quantitative estimate of drug-likeness (QED) is 0.271. The molecule has 0 radical (unpaired) electrons. The first-order chi connectivity index (χ1) is 13.3. The van der Waals surface area contributed by atoms with Gasteiger partial charge in [0, 0.05) is 16.0 Å². The van der Waals surface area contributed by atoms with Crippen LogP contribution in [0.5, 0.6) is 0 Å². The van der Waals surface area contributed by atoms with E-state index in [1.165, 1.54) is 25.7 Å². The van der Waals surface area contributed by atoms with Gasteiger partial charge in [-0.15, -0.1) is 16.9 Å². The Hall–Kier alpha value is -2.15. The number of tetrazole rings is 1. The fraction of sp³-hybridized carbons (Fsp3) is 0.500. The second kappa shape index (κ2) is 10.3. The number of fused-ring (bicyclic) bond motifs is 3. The molecule has 144 valence electrons. The van der Waals surface area contributed by atoms with Crippen LogP contribution >= 0.6 is 11.8 Å². The molecule has 0 saturated carbocycles. The number of thioether (sulfide) groups is 1. The van der Waals surface area contributed by atoms with Gasteiger partial charge in [0.05, 0.1) is 18.5 Å². The molecular weight excluding hydrogens is 360 g/mol. The van der Waals surface area contributed by atoms with Crippen molar-refractivity contribution in [2.75, 3.05) is 12.4 Å². The number of carbonyl (C=O) groups excluding carboxylic acids is 1. The third-order valence-electron chi connectivity index (χ3n) is 4.47. The number of rotatable bonds is 11. The summed E-state index contributed by atoms with van der Waals surface area (Å²) in [5.41, 5.74) is 1.70. The molecule has 6 nitrogen and oxygen atoms in total. The van der Waals surface area contributed by atoms with E-state index in [4.69, 9.17) is 4.74 Å². The fourth-order valence-corrected chi connectivity index (χ4v) is 3.85. The average Bonchev–Trinajstić information content (AvgIpc) is 3.16. The van der Waals surface area contributed by atoms with E-state index in [2.05, 4.69) is 28.5 Å².